The Hall–Kier alpha value is -2.56. The molecule has 0 saturated carbocycles. The van der Waals surface area contributed by atoms with Gasteiger partial charge in [0.1, 0.15) is 0 Å². The molecule has 3 aromatic rings. The average Bonchev–Trinajstić information content (AvgIpc) is 2.83. The van der Waals surface area contributed by atoms with Gasteiger partial charge in [-0.2, -0.15) is 5.10 Å². The fourth-order valence-electron chi connectivity index (χ4n) is 1.75. The Bertz CT molecular complexity index is 646. The summed E-state index contributed by atoms with van der Waals surface area (Å²) in [6.07, 6.45) is 7.00. The molecule has 5 heteroatoms. The Morgan fingerprint density at radius 1 is 0.944 bits per heavy atom. The molecule has 0 fully saturated rings. The fourth-order valence-corrected chi connectivity index (χ4v) is 1.75. The van der Waals surface area contributed by atoms with Crippen LogP contribution in [0.15, 0.2) is 49.1 Å². The number of pyridine rings is 2. The maximum absolute atomic E-state index is 4.52. The van der Waals surface area contributed by atoms with Crippen LogP contribution in [0.3, 0.4) is 0 Å². The summed E-state index contributed by atoms with van der Waals surface area (Å²) in [5, 5.41) is 4.40. The Labute approximate surface area is 104 Å². The van der Waals surface area contributed by atoms with E-state index in [4.69, 9.17) is 0 Å². The summed E-state index contributed by atoms with van der Waals surface area (Å²) in [6.45, 7) is 0. The van der Waals surface area contributed by atoms with Gasteiger partial charge in [0.25, 0.3) is 0 Å². The van der Waals surface area contributed by atoms with Crippen molar-refractivity contribution in [1.29, 1.82) is 0 Å². The van der Waals surface area contributed by atoms with Gasteiger partial charge in [0.15, 0.2) is 11.6 Å². The Morgan fingerprint density at radius 3 is 2.22 bits per heavy atom. The van der Waals surface area contributed by atoms with Gasteiger partial charge in [0.05, 0.1) is 0 Å². The highest BCUT2D eigenvalue weighted by Crippen LogP contribution is 2.19. The summed E-state index contributed by atoms with van der Waals surface area (Å²) in [6, 6.07) is 7.66. The van der Waals surface area contributed by atoms with Crippen molar-refractivity contribution in [2.75, 3.05) is 0 Å². The molecule has 0 aliphatic carbocycles. The van der Waals surface area contributed by atoms with Crippen molar-refractivity contribution >= 4 is 0 Å². The van der Waals surface area contributed by atoms with E-state index in [0.29, 0.717) is 5.82 Å². The lowest BCUT2D eigenvalue weighted by atomic mass is 10.2. The highest BCUT2D eigenvalue weighted by Gasteiger charge is 2.10. The predicted octanol–water partition coefficient (Wildman–Crippen LogP) is 1.94. The molecule has 88 valence electrons. The molecule has 0 aliphatic heterocycles. The van der Waals surface area contributed by atoms with Crippen molar-refractivity contribution in [3.63, 3.8) is 0 Å². The third-order valence-electron chi connectivity index (χ3n) is 2.60. The Morgan fingerprint density at radius 2 is 1.61 bits per heavy atom. The van der Waals surface area contributed by atoms with E-state index >= 15 is 0 Å². The largest absolute Gasteiger partial charge is 0.264 e. The number of aromatic nitrogens is 5. The van der Waals surface area contributed by atoms with Crippen molar-refractivity contribution < 1.29 is 0 Å². The first-order chi connectivity index (χ1) is 8.84. The number of aryl methyl sites for hydroxylation is 1. The predicted molar refractivity (Wildman–Crippen MR) is 67.5 cm³/mol. The van der Waals surface area contributed by atoms with Crippen molar-refractivity contribution in [3.05, 3.63) is 49.1 Å². The molecule has 0 amide bonds. The average molecular weight is 237 g/mol. The van der Waals surface area contributed by atoms with Crippen molar-refractivity contribution in [1.82, 2.24) is 24.7 Å². The number of hydrogen-bond donors (Lipinski definition) is 0. The van der Waals surface area contributed by atoms with Crippen LogP contribution >= 0.6 is 0 Å². The van der Waals surface area contributed by atoms with Gasteiger partial charge < -0.3 is 0 Å². The molecule has 0 spiro atoms. The normalized spacial score (nSPS) is 10.5. The molecule has 0 saturated heterocycles. The van der Waals surface area contributed by atoms with Gasteiger partial charge in [0, 0.05) is 43.0 Å². The first kappa shape index (κ1) is 10.6. The lowest BCUT2D eigenvalue weighted by molar-refractivity contribution is 0.777. The summed E-state index contributed by atoms with van der Waals surface area (Å²) in [5.41, 5.74) is 1.85. The van der Waals surface area contributed by atoms with Gasteiger partial charge in [-0.1, -0.05) is 0 Å². The van der Waals surface area contributed by atoms with Gasteiger partial charge in [-0.15, -0.1) is 0 Å². The summed E-state index contributed by atoms with van der Waals surface area (Å²) < 4.78 is 1.75. The number of rotatable bonds is 2. The molecule has 3 heterocycles. The van der Waals surface area contributed by atoms with E-state index in [1.165, 1.54) is 0 Å². The van der Waals surface area contributed by atoms with E-state index in [0.717, 1.165) is 17.0 Å². The van der Waals surface area contributed by atoms with Gasteiger partial charge >= 0.3 is 0 Å². The third-order valence-corrected chi connectivity index (χ3v) is 2.60. The third kappa shape index (κ3) is 1.86. The van der Waals surface area contributed by atoms with Gasteiger partial charge in [0.2, 0.25) is 0 Å². The summed E-state index contributed by atoms with van der Waals surface area (Å²) >= 11 is 0. The van der Waals surface area contributed by atoms with E-state index in [1.54, 1.807) is 29.5 Å². The summed E-state index contributed by atoms with van der Waals surface area (Å²) in [5.74, 6) is 1.46. The highest BCUT2D eigenvalue weighted by atomic mass is 15.3. The van der Waals surface area contributed by atoms with Crippen LogP contribution in [0.4, 0.5) is 0 Å². The molecule has 3 aromatic heterocycles. The van der Waals surface area contributed by atoms with Crippen LogP contribution < -0.4 is 0 Å². The van der Waals surface area contributed by atoms with Crippen LogP contribution in [-0.4, -0.2) is 24.7 Å². The standard InChI is InChI=1S/C13H11N5/c1-18-13(11-5-3-7-15-9-11)16-12(17-18)10-4-2-6-14-8-10/h2-9H,1H3. The molecule has 0 unspecified atom stereocenters. The number of hydrogen-bond acceptors (Lipinski definition) is 4. The monoisotopic (exact) mass is 237 g/mol. The van der Waals surface area contributed by atoms with Crippen LogP contribution in [-0.2, 0) is 7.05 Å². The summed E-state index contributed by atoms with van der Waals surface area (Å²) in [7, 11) is 1.87. The quantitative estimate of drug-likeness (QED) is 0.683. The van der Waals surface area contributed by atoms with Crippen LogP contribution in [0.5, 0.6) is 0 Å². The van der Waals surface area contributed by atoms with Gasteiger partial charge in [-0.05, 0) is 24.3 Å². The molecular formula is C13H11N5. The van der Waals surface area contributed by atoms with E-state index in [-0.39, 0.29) is 0 Å². The van der Waals surface area contributed by atoms with Crippen LogP contribution in [0, 0.1) is 0 Å². The lowest BCUT2D eigenvalue weighted by Crippen LogP contribution is -1.94. The molecule has 0 aliphatic rings. The zero-order valence-electron chi connectivity index (χ0n) is 9.85. The second-order valence-corrected chi connectivity index (χ2v) is 3.87. The van der Waals surface area contributed by atoms with Gasteiger partial charge in [-0.25, -0.2) is 9.67 Å². The molecule has 3 rings (SSSR count). The maximum atomic E-state index is 4.52. The lowest BCUT2D eigenvalue weighted by Gasteiger charge is -1.97. The molecule has 0 aromatic carbocycles. The van der Waals surface area contributed by atoms with E-state index < -0.39 is 0 Å². The molecular weight excluding hydrogens is 226 g/mol. The minimum Gasteiger partial charge on any atom is -0.264 e. The van der Waals surface area contributed by atoms with Gasteiger partial charge in [-0.3, -0.25) is 9.97 Å². The Balaban J connectivity index is 2.07. The molecule has 0 atom stereocenters. The second kappa shape index (κ2) is 4.37. The smallest absolute Gasteiger partial charge is 0.183 e. The fraction of sp³-hybridized carbons (Fsp3) is 0.0769. The van der Waals surface area contributed by atoms with E-state index in [9.17, 15) is 0 Å². The molecule has 0 radical (unpaired) electrons. The van der Waals surface area contributed by atoms with Crippen molar-refractivity contribution in [2.45, 2.75) is 0 Å². The zero-order valence-corrected chi connectivity index (χ0v) is 9.85. The molecule has 0 N–H and O–H groups in total. The van der Waals surface area contributed by atoms with E-state index in [1.807, 2.05) is 31.3 Å². The number of nitrogens with zero attached hydrogens (tertiary/aromatic N) is 5. The maximum Gasteiger partial charge on any atom is 0.183 e. The molecule has 18 heavy (non-hydrogen) atoms. The topological polar surface area (TPSA) is 56.5 Å². The van der Waals surface area contributed by atoms with Crippen molar-refractivity contribution in [3.8, 4) is 22.8 Å². The van der Waals surface area contributed by atoms with Crippen molar-refractivity contribution in [2.24, 2.45) is 7.05 Å². The second-order valence-electron chi connectivity index (χ2n) is 3.87. The van der Waals surface area contributed by atoms with Crippen LogP contribution in [0.25, 0.3) is 22.8 Å². The minimum absolute atomic E-state index is 0.671. The Kier molecular flexibility index (Phi) is 2.57. The van der Waals surface area contributed by atoms with E-state index in [2.05, 4.69) is 20.1 Å². The molecule has 5 nitrogen and oxygen atoms in total. The molecule has 0 bridgehead atoms. The minimum atomic E-state index is 0.671. The SMILES string of the molecule is Cn1nc(-c2cccnc2)nc1-c1cccnc1. The first-order valence-corrected chi connectivity index (χ1v) is 5.56. The van der Waals surface area contributed by atoms with Crippen LogP contribution in [0.1, 0.15) is 0 Å². The summed E-state index contributed by atoms with van der Waals surface area (Å²) in [4.78, 5) is 12.7. The highest BCUT2D eigenvalue weighted by molar-refractivity contribution is 5.60. The zero-order chi connectivity index (χ0) is 12.4. The van der Waals surface area contributed by atoms with Crippen LogP contribution in [0.2, 0.25) is 0 Å². The first-order valence-electron chi connectivity index (χ1n) is 5.56.